The van der Waals surface area contributed by atoms with Gasteiger partial charge in [0, 0.05) is 11.6 Å². The van der Waals surface area contributed by atoms with Gasteiger partial charge in [-0.1, -0.05) is 42.5 Å². The smallest absolute Gasteiger partial charge is 0.224 e. The molecule has 4 aromatic rings. The third-order valence-corrected chi connectivity index (χ3v) is 4.11. The number of halogens is 1. The Morgan fingerprint density at radius 1 is 0.840 bits per heavy atom. The molecule has 2 aromatic heterocycles. The van der Waals surface area contributed by atoms with Gasteiger partial charge < -0.3 is 5.32 Å². The fourth-order valence-electron chi connectivity index (χ4n) is 2.72. The van der Waals surface area contributed by atoms with Crippen LogP contribution in [0, 0.1) is 0 Å². The van der Waals surface area contributed by atoms with E-state index in [0.717, 1.165) is 27.7 Å². The predicted molar refractivity (Wildman–Crippen MR) is 102 cm³/mol. The first-order valence-corrected chi connectivity index (χ1v) is 8.34. The summed E-state index contributed by atoms with van der Waals surface area (Å²) < 4.78 is 0. The average molecular weight is 347 g/mol. The maximum Gasteiger partial charge on any atom is 0.224 e. The lowest BCUT2D eigenvalue weighted by Gasteiger charge is -2.10. The third-order valence-electron chi connectivity index (χ3n) is 3.94. The number of anilines is 1. The van der Waals surface area contributed by atoms with Gasteiger partial charge in [0.25, 0.3) is 0 Å². The topological polar surface area (TPSA) is 50.7 Å². The summed E-state index contributed by atoms with van der Waals surface area (Å²) in [5.41, 5.74) is 4.00. The highest BCUT2D eigenvalue weighted by Gasteiger charge is 2.09. The molecule has 0 bridgehead atoms. The van der Waals surface area contributed by atoms with E-state index in [-0.39, 0.29) is 5.28 Å². The van der Waals surface area contributed by atoms with E-state index < -0.39 is 0 Å². The van der Waals surface area contributed by atoms with E-state index in [0.29, 0.717) is 12.4 Å². The molecule has 0 aliphatic rings. The van der Waals surface area contributed by atoms with Crippen LogP contribution in [0.4, 0.5) is 5.82 Å². The van der Waals surface area contributed by atoms with Crippen molar-refractivity contribution < 1.29 is 0 Å². The average Bonchev–Trinajstić information content (AvgIpc) is 2.67. The number of nitrogens with one attached hydrogen (secondary N) is 1. The highest BCUT2D eigenvalue weighted by Crippen LogP contribution is 2.28. The second-order valence-corrected chi connectivity index (χ2v) is 5.95. The lowest BCUT2D eigenvalue weighted by Crippen LogP contribution is -2.04. The van der Waals surface area contributed by atoms with Crippen molar-refractivity contribution in [2.24, 2.45) is 0 Å². The van der Waals surface area contributed by atoms with Gasteiger partial charge in [-0.15, -0.1) is 0 Å². The maximum absolute atomic E-state index is 6.08. The minimum Gasteiger partial charge on any atom is -0.364 e. The van der Waals surface area contributed by atoms with E-state index in [1.165, 1.54) is 0 Å². The number of pyridine rings is 1. The fraction of sp³-hybridized carbons (Fsp3) is 0.0500. The van der Waals surface area contributed by atoms with Crippen LogP contribution in [0.3, 0.4) is 0 Å². The lowest BCUT2D eigenvalue weighted by atomic mass is 10.0. The monoisotopic (exact) mass is 346 g/mol. The molecule has 25 heavy (non-hydrogen) atoms. The van der Waals surface area contributed by atoms with E-state index in [1.54, 1.807) is 6.20 Å². The van der Waals surface area contributed by atoms with Gasteiger partial charge in [-0.3, -0.25) is 4.98 Å². The molecule has 2 aromatic carbocycles. The van der Waals surface area contributed by atoms with E-state index in [2.05, 4.69) is 38.5 Å². The summed E-state index contributed by atoms with van der Waals surface area (Å²) in [6.07, 6.45) is 1.77. The molecule has 0 aliphatic heterocycles. The third kappa shape index (κ3) is 3.44. The molecule has 5 heteroatoms. The first-order valence-electron chi connectivity index (χ1n) is 7.96. The second-order valence-electron chi connectivity index (χ2n) is 5.61. The molecule has 4 rings (SSSR count). The van der Waals surface area contributed by atoms with Crippen LogP contribution in [0.15, 0.2) is 72.9 Å². The van der Waals surface area contributed by atoms with Crippen molar-refractivity contribution in [3.8, 4) is 11.1 Å². The highest BCUT2D eigenvalue weighted by atomic mass is 35.5. The van der Waals surface area contributed by atoms with Gasteiger partial charge in [0.05, 0.1) is 17.8 Å². The minimum absolute atomic E-state index is 0.225. The summed E-state index contributed by atoms with van der Waals surface area (Å²) in [5, 5.41) is 4.48. The van der Waals surface area contributed by atoms with Gasteiger partial charge in [0.2, 0.25) is 5.28 Å². The molecular formula is C20H15ClN4. The Labute approximate surface area is 150 Å². The van der Waals surface area contributed by atoms with E-state index in [9.17, 15) is 0 Å². The zero-order valence-corrected chi connectivity index (χ0v) is 14.1. The Bertz CT molecular complexity index is 1000. The standard InChI is InChI=1S/C20H15ClN4/c21-20-24-18-10-9-15(14-6-2-1-3-7-14)12-17(18)19(25-20)23-13-16-8-4-5-11-22-16/h1-12H,13H2,(H,23,24,25). The number of hydrogen-bond donors (Lipinski definition) is 1. The first kappa shape index (κ1) is 15.5. The van der Waals surface area contributed by atoms with Crippen LogP contribution >= 0.6 is 11.6 Å². The van der Waals surface area contributed by atoms with Crippen LogP contribution in [-0.4, -0.2) is 15.0 Å². The number of benzene rings is 2. The summed E-state index contributed by atoms with van der Waals surface area (Å²) in [6, 6.07) is 22.1. The second kappa shape index (κ2) is 6.87. The number of hydrogen-bond acceptors (Lipinski definition) is 4. The summed E-state index contributed by atoms with van der Waals surface area (Å²) in [5.74, 6) is 0.707. The van der Waals surface area contributed by atoms with Crippen LogP contribution in [-0.2, 0) is 6.54 Å². The van der Waals surface area contributed by atoms with Crippen molar-refractivity contribution in [2.75, 3.05) is 5.32 Å². The molecule has 122 valence electrons. The Balaban J connectivity index is 1.74. The van der Waals surface area contributed by atoms with Gasteiger partial charge in [-0.05, 0) is 47.0 Å². The van der Waals surface area contributed by atoms with E-state index >= 15 is 0 Å². The first-order chi connectivity index (χ1) is 12.3. The largest absolute Gasteiger partial charge is 0.364 e. The lowest BCUT2D eigenvalue weighted by molar-refractivity contribution is 1.03. The summed E-state index contributed by atoms with van der Waals surface area (Å²) in [7, 11) is 0. The maximum atomic E-state index is 6.08. The summed E-state index contributed by atoms with van der Waals surface area (Å²) in [4.78, 5) is 13.0. The molecular weight excluding hydrogens is 332 g/mol. The molecule has 0 spiro atoms. The van der Waals surface area contributed by atoms with Gasteiger partial charge in [-0.25, -0.2) is 9.97 Å². The fourth-order valence-corrected chi connectivity index (χ4v) is 2.90. The van der Waals surface area contributed by atoms with Gasteiger partial charge in [0.1, 0.15) is 5.82 Å². The Kier molecular flexibility index (Phi) is 4.27. The molecule has 0 atom stereocenters. The van der Waals surface area contributed by atoms with Crippen LogP contribution in [0.5, 0.6) is 0 Å². The molecule has 0 amide bonds. The van der Waals surface area contributed by atoms with E-state index in [1.807, 2.05) is 48.5 Å². The molecule has 4 nitrogen and oxygen atoms in total. The van der Waals surface area contributed by atoms with Gasteiger partial charge in [0.15, 0.2) is 0 Å². The number of fused-ring (bicyclic) bond motifs is 1. The predicted octanol–water partition coefficient (Wildman–Crippen LogP) is 4.96. The van der Waals surface area contributed by atoms with Crippen molar-refractivity contribution in [3.05, 3.63) is 83.9 Å². The van der Waals surface area contributed by atoms with Gasteiger partial charge in [-0.2, -0.15) is 0 Å². The van der Waals surface area contributed by atoms with Crippen molar-refractivity contribution in [1.82, 2.24) is 15.0 Å². The van der Waals surface area contributed by atoms with Crippen LogP contribution in [0.2, 0.25) is 5.28 Å². The minimum atomic E-state index is 0.225. The van der Waals surface area contributed by atoms with Crippen LogP contribution in [0.1, 0.15) is 5.69 Å². The number of nitrogens with zero attached hydrogens (tertiary/aromatic N) is 3. The quantitative estimate of drug-likeness (QED) is 0.531. The molecule has 0 saturated heterocycles. The molecule has 2 heterocycles. The van der Waals surface area contributed by atoms with Crippen molar-refractivity contribution in [3.63, 3.8) is 0 Å². The highest BCUT2D eigenvalue weighted by molar-refractivity contribution is 6.28. The Hall–Kier alpha value is -2.98. The molecule has 0 aliphatic carbocycles. The molecule has 0 radical (unpaired) electrons. The van der Waals surface area contributed by atoms with Gasteiger partial charge >= 0.3 is 0 Å². The van der Waals surface area contributed by atoms with Crippen LogP contribution < -0.4 is 5.32 Å². The number of rotatable bonds is 4. The Morgan fingerprint density at radius 3 is 2.48 bits per heavy atom. The molecule has 0 fully saturated rings. The van der Waals surface area contributed by atoms with Crippen molar-refractivity contribution in [1.29, 1.82) is 0 Å². The van der Waals surface area contributed by atoms with Crippen molar-refractivity contribution in [2.45, 2.75) is 6.54 Å². The van der Waals surface area contributed by atoms with E-state index in [4.69, 9.17) is 11.6 Å². The number of aromatic nitrogens is 3. The Morgan fingerprint density at radius 2 is 1.68 bits per heavy atom. The summed E-state index contributed by atoms with van der Waals surface area (Å²) in [6.45, 7) is 0.568. The molecule has 0 unspecified atom stereocenters. The molecule has 0 saturated carbocycles. The van der Waals surface area contributed by atoms with Crippen LogP contribution in [0.25, 0.3) is 22.0 Å². The molecule has 1 N–H and O–H groups in total. The normalized spacial score (nSPS) is 10.8. The zero-order chi connectivity index (χ0) is 17.1. The summed E-state index contributed by atoms with van der Waals surface area (Å²) >= 11 is 6.08. The van der Waals surface area contributed by atoms with Crippen molar-refractivity contribution >= 4 is 28.3 Å². The zero-order valence-electron chi connectivity index (χ0n) is 13.4. The SMILES string of the molecule is Clc1nc(NCc2ccccn2)c2cc(-c3ccccc3)ccc2n1.